The summed E-state index contributed by atoms with van der Waals surface area (Å²) < 4.78 is 18.3. The Morgan fingerprint density at radius 2 is 1.55 bits per heavy atom. The predicted molar refractivity (Wildman–Crippen MR) is 126 cm³/mol. The predicted octanol–water partition coefficient (Wildman–Crippen LogP) is 3.83. The van der Waals surface area contributed by atoms with Gasteiger partial charge in [-0.25, -0.2) is 0 Å². The third kappa shape index (κ3) is 18.8. The number of hydrogen-bond donors (Lipinski definition) is 2. The number of likely N-dealkylation sites (N-methyl/N-ethyl adjacent to an activating group) is 1. The van der Waals surface area contributed by atoms with Crippen LogP contribution in [0.5, 0.6) is 0 Å². The number of quaternary nitrogens is 1. The maximum Gasteiger partial charge on any atom is 0.220 e. The molecule has 1 amide bonds. The van der Waals surface area contributed by atoms with E-state index in [9.17, 15) is 19.4 Å². The second kappa shape index (κ2) is 17.1. The second-order valence-electron chi connectivity index (χ2n) is 9.75. The van der Waals surface area contributed by atoms with Gasteiger partial charge in [-0.3, -0.25) is 4.79 Å². The Kier molecular flexibility index (Phi) is 16.8. The van der Waals surface area contributed by atoms with Crippen LogP contribution < -0.4 is 10.2 Å². The summed E-state index contributed by atoms with van der Waals surface area (Å²) in [6, 6.07) is -0.832. The van der Waals surface area contributed by atoms with Crippen LogP contribution >= 0.6 is 7.60 Å². The summed E-state index contributed by atoms with van der Waals surface area (Å²) in [6.07, 6.45) is 10.1. The fourth-order valence-electron chi connectivity index (χ4n) is 3.34. The number of amides is 1. The van der Waals surface area contributed by atoms with Gasteiger partial charge in [0.15, 0.2) is 0 Å². The van der Waals surface area contributed by atoms with Crippen molar-refractivity contribution in [3.05, 3.63) is 0 Å². The van der Waals surface area contributed by atoms with Crippen LogP contribution in [0.1, 0.15) is 90.9 Å². The lowest BCUT2D eigenvalue weighted by molar-refractivity contribution is -0.870. The first-order valence-electron chi connectivity index (χ1n) is 12.2. The number of nitrogens with zero attached hydrogens (tertiary/aromatic N) is 1. The average Bonchev–Trinajstić information content (AvgIpc) is 2.65. The Hall–Kier alpha value is -0.460. The monoisotopic (exact) mass is 464 g/mol. The summed E-state index contributed by atoms with van der Waals surface area (Å²) in [5, 5.41) is 13.4. The van der Waals surface area contributed by atoms with Crippen molar-refractivity contribution in [2.75, 3.05) is 40.5 Å². The van der Waals surface area contributed by atoms with Gasteiger partial charge >= 0.3 is 0 Å². The molecule has 31 heavy (non-hydrogen) atoms. The Balaban J connectivity index is 4.71. The molecule has 0 saturated carbocycles. The minimum absolute atomic E-state index is 0.0926. The van der Waals surface area contributed by atoms with Crippen molar-refractivity contribution in [3.8, 4) is 0 Å². The third-order valence-corrected chi connectivity index (χ3v) is 6.81. The van der Waals surface area contributed by atoms with Gasteiger partial charge in [-0.2, -0.15) is 0 Å². The molecule has 3 atom stereocenters. The molecule has 0 aliphatic rings. The topological polar surface area (TPSA) is 98.7 Å². The minimum atomic E-state index is -4.17. The van der Waals surface area contributed by atoms with E-state index in [0.29, 0.717) is 23.9 Å². The summed E-state index contributed by atoms with van der Waals surface area (Å²) in [4.78, 5) is 24.8. The molecule has 0 aliphatic heterocycles. The van der Waals surface area contributed by atoms with E-state index in [0.717, 1.165) is 38.5 Å². The Morgan fingerprint density at radius 3 is 2.13 bits per heavy atom. The van der Waals surface area contributed by atoms with Crippen LogP contribution in [0, 0.1) is 0 Å². The average molecular weight is 465 g/mol. The number of unbranched alkanes of at least 4 members (excludes halogenated alkanes) is 8. The normalized spacial score (nSPS) is 16.0. The molecule has 0 heterocycles. The van der Waals surface area contributed by atoms with Crippen LogP contribution in [0.2, 0.25) is 0 Å². The van der Waals surface area contributed by atoms with Crippen molar-refractivity contribution in [2.45, 2.75) is 103 Å². The largest absolute Gasteiger partial charge is 0.778 e. The molecule has 0 aliphatic carbocycles. The van der Waals surface area contributed by atoms with Gasteiger partial charge in [0.25, 0.3) is 0 Å². The zero-order chi connectivity index (χ0) is 23.8. The maximum absolute atomic E-state index is 12.5. The number of nitrogens with one attached hydrogen (secondary N) is 1. The molecule has 0 radical (unpaired) electrons. The lowest BCUT2D eigenvalue weighted by Gasteiger charge is -2.32. The molecule has 7 nitrogen and oxygen atoms in total. The summed E-state index contributed by atoms with van der Waals surface area (Å²) in [7, 11) is 1.72. The molecule has 186 valence electrons. The summed E-state index contributed by atoms with van der Waals surface area (Å²) in [6.45, 7) is 4.90. The molecule has 0 rings (SSSR count). The second-order valence-corrected chi connectivity index (χ2v) is 11.6. The smallest absolute Gasteiger partial charge is 0.220 e. The number of carbonyl (C=O) groups is 1. The van der Waals surface area contributed by atoms with Gasteiger partial charge in [-0.15, -0.1) is 0 Å². The molecule has 0 aromatic heterocycles. The van der Waals surface area contributed by atoms with Gasteiger partial charge in [0, 0.05) is 12.6 Å². The van der Waals surface area contributed by atoms with E-state index in [1.807, 2.05) is 21.1 Å². The van der Waals surface area contributed by atoms with Gasteiger partial charge in [-0.1, -0.05) is 71.6 Å². The standard InChI is InChI=1S/C23H49N2O5P/c1-6-8-10-11-12-13-15-16-22(26)21(24-23(27)17-14-9-7-2)20-31(28,29)30-19-18-25(3,4)5/h21-22,26H,6-20H2,1-5H3,(H-,24,27,28,29)/t21-,22+/m1/s1. The quantitative estimate of drug-likeness (QED) is 0.162. The molecule has 1 unspecified atom stereocenters. The molecule has 0 aromatic rings. The van der Waals surface area contributed by atoms with Gasteiger partial charge in [0.2, 0.25) is 5.91 Å². The van der Waals surface area contributed by atoms with Crippen LogP contribution in [0.15, 0.2) is 0 Å². The van der Waals surface area contributed by atoms with Crippen molar-refractivity contribution >= 4 is 13.5 Å². The lowest BCUT2D eigenvalue weighted by atomic mass is 10.0. The Morgan fingerprint density at radius 1 is 1.00 bits per heavy atom. The van der Waals surface area contributed by atoms with E-state index >= 15 is 0 Å². The fraction of sp³-hybridized carbons (Fsp3) is 0.957. The fourth-order valence-corrected chi connectivity index (χ4v) is 4.62. The highest BCUT2D eigenvalue weighted by atomic mass is 31.2. The van der Waals surface area contributed by atoms with Crippen molar-refractivity contribution in [2.24, 2.45) is 0 Å². The first-order chi connectivity index (χ1) is 14.5. The van der Waals surface area contributed by atoms with Gasteiger partial charge < -0.3 is 28.9 Å². The number of rotatable bonds is 20. The SMILES string of the molecule is CCCCCCCCC[C@H](O)[C@@H](CP(=O)([O-])OCC[N+](C)(C)C)NC(=O)CCCCC. The maximum atomic E-state index is 12.5. The zero-order valence-electron chi connectivity index (χ0n) is 20.7. The van der Waals surface area contributed by atoms with E-state index < -0.39 is 19.7 Å². The van der Waals surface area contributed by atoms with E-state index in [4.69, 9.17) is 4.52 Å². The van der Waals surface area contributed by atoms with E-state index in [-0.39, 0.29) is 18.7 Å². The molecule has 0 fully saturated rings. The molecular formula is C23H49N2O5P. The molecule has 0 bridgehead atoms. The first-order valence-corrected chi connectivity index (χ1v) is 14.0. The van der Waals surface area contributed by atoms with Crippen molar-refractivity contribution < 1.29 is 28.4 Å². The summed E-state index contributed by atoms with van der Waals surface area (Å²) in [5.74, 6) is -0.205. The van der Waals surface area contributed by atoms with Crippen molar-refractivity contribution in [1.29, 1.82) is 0 Å². The van der Waals surface area contributed by atoms with Crippen molar-refractivity contribution in [1.82, 2.24) is 5.32 Å². The summed E-state index contributed by atoms with van der Waals surface area (Å²) in [5.41, 5.74) is 0. The van der Waals surface area contributed by atoms with Crippen LogP contribution in [0.25, 0.3) is 0 Å². The highest BCUT2D eigenvalue weighted by Crippen LogP contribution is 2.38. The lowest BCUT2D eigenvalue weighted by Crippen LogP contribution is -2.46. The number of aliphatic hydroxyl groups excluding tert-OH is 1. The molecule has 0 aromatic carbocycles. The molecule has 2 N–H and O–H groups in total. The highest BCUT2D eigenvalue weighted by Gasteiger charge is 2.26. The number of aliphatic hydroxyl groups is 1. The van der Waals surface area contributed by atoms with Crippen LogP contribution in [0.3, 0.4) is 0 Å². The van der Waals surface area contributed by atoms with Gasteiger partial charge in [0.05, 0.1) is 33.3 Å². The van der Waals surface area contributed by atoms with Crippen LogP contribution in [-0.2, 0) is 13.9 Å². The Labute approximate surface area is 191 Å². The minimum Gasteiger partial charge on any atom is -0.778 e. The van der Waals surface area contributed by atoms with Crippen LogP contribution in [0.4, 0.5) is 0 Å². The summed E-state index contributed by atoms with van der Waals surface area (Å²) >= 11 is 0. The zero-order valence-corrected chi connectivity index (χ0v) is 21.6. The van der Waals surface area contributed by atoms with Gasteiger partial charge in [0.1, 0.15) is 20.7 Å². The molecule has 0 spiro atoms. The van der Waals surface area contributed by atoms with E-state index in [2.05, 4.69) is 19.2 Å². The molecular weight excluding hydrogens is 415 g/mol. The first kappa shape index (κ1) is 30.5. The Bertz CT molecular complexity index is 511. The highest BCUT2D eigenvalue weighted by molar-refractivity contribution is 7.51. The molecule has 8 heteroatoms. The molecule has 0 saturated heterocycles. The van der Waals surface area contributed by atoms with Gasteiger partial charge in [-0.05, 0) is 12.8 Å². The third-order valence-electron chi connectivity index (χ3n) is 5.39. The number of hydrogen-bond acceptors (Lipinski definition) is 5. The van der Waals surface area contributed by atoms with E-state index in [1.165, 1.54) is 25.7 Å². The van der Waals surface area contributed by atoms with E-state index in [1.54, 1.807) is 0 Å². The van der Waals surface area contributed by atoms with Crippen molar-refractivity contribution in [3.63, 3.8) is 0 Å². The van der Waals surface area contributed by atoms with Crippen LogP contribution in [-0.4, -0.2) is 68.1 Å². The number of carbonyl (C=O) groups excluding carboxylic acids is 1.